The summed E-state index contributed by atoms with van der Waals surface area (Å²) in [6, 6.07) is 0. The van der Waals surface area contributed by atoms with E-state index in [4.69, 9.17) is 0 Å². The molecule has 0 aromatic carbocycles. The number of nitrogens with zero attached hydrogens (tertiary/aromatic N) is 1. The largest absolute Gasteiger partial charge is 0.310 e. The van der Waals surface area contributed by atoms with Gasteiger partial charge in [-0.25, -0.2) is 4.98 Å². The lowest BCUT2D eigenvalue weighted by atomic mass is 9.85. The van der Waals surface area contributed by atoms with Gasteiger partial charge in [-0.3, -0.25) is 0 Å². The Balaban J connectivity index is 1.67. The Kier molecular flexibility index (Phi) is 2.96. The Morgan fingerprint density at radius 3 is 3.00 bits per heavy atom. The summed E-state index contributed by atoms with van der Waals surface area (Å²) in [4.78, 5) is 4.41. The molecule has 2 rings (SSSR count). The first-order chi connectivity index (χ1) is 6.34. The molecule has 2 nitrogen and oxygen atoms in total. The van der Waals surface area contributed by atoms with Crippen LogP contribution >= 0.6 is 11.3 Å². The highest BCUT2D eigenvalue weighted by Crippen LogP contribution is 2.25. The third-order valence-corrected chi connectivity index (χ3v) is 3.57. The van der Waals surface area contributed by atoms with Crippen molar-refractivity contribution >= 4 is 11.3 Å². The van der Waals surface area contributed by atoms with Crippen molar-refractivity contribution in [2.45, 2.75) is 32.7 Å². The second-order valence-corrected chi connectivity index (χ2v) is 4.75. The molecule has 1 fully saturated rings. The highest BCUT2D eigenvalue weighted by molar-refractivity contribution is 7.09. The summed E-state index contributed by atoms with van der Waals surface area (Å²) in [7, 11) is 0. The number of nitrogens with one attached hydrogen (secondary N) is 1. The average molecular weight is 196 g/mol. The molecule has 0 saturated heterocycles. The zero-order valence-corrected chi connectivity index (χ0v) is 8.86. The van der Waals surface area contributed by atoms with Gasteiger partial charge in [0.25, 0.3) is 0 Å². The molecule has 3 heteroatoms. The molecular formula is C10H16N2S. The van der Waals surface area contributed by atoms with Gasteiger partial charge in [0.15, 0.2) is 0 Å². The summed E-state index contributed by atoms with van der Waals surface area (Å²) in [5.41, 5.74) is 1.14. The molecule has 0 radical (unpaired) electrons. The fraction of sp³-hybridized carbons (Fsp3) is 0.700. The van der Waals surface area contributed by atoms with Crippen LogP contribution in [0, 0.1) is 12.8 Å². The second-order valence-electron chi connectivity index (χ2n) is 3.81. The van der Waals surface area contributed by atoms with E-state index in [0.29, 0.717) is 0 Å². The predicted octanol–water partition coefficient (Wildman–Crippen LogP) is 2.34. The van der Waals surface area contributed by atoms with Crippen molar-refractivity contribution in [1.29, 1.82) is 0 Å². The Morgan fingerprint density at radius 1 is 1.62 bits per heavy atom. The number of aryl methyl sites for hydroxylation is 1. The lowest BCUT2D eigenvalue weighted by molar-refractivity contribution is 0.301. The van der Waals surface area contributed by atoms with Crippen LogP contribution in [0.3, 0.4) is 0 Å². The number of thiazole rings is 1. The zero-order valence-electron chi connectivity index (χ0n) is 8.05. The first-order valence-electron chi connectivity index (χ1n) is 4.96. The van der Waals surface area contributed by atoms with E-state index in [-0.39, 0.29) is 0 Å². The van der Waals surface area contributed by atoms with Gasteiger partial charge in [0.1, 0.15) is 5.01 Å². The molecule has 1 saturated carbocycles. The lowest BCUT2D eigenvalue weighted by Gasteiger charge is -2.25. The van der Waals surface area contributed by atoms with Crippen LogP contribution in [0.1, 0.15) is 30.0 Å². The van der Waals surface area contributed by atoms with E-state index in [1.54, 1.807) is 11.3 Å². The van der Waals surface area contributed by atoms with E-state index < -0.39 is 0 Å². The maximum Gasteiger partial charge on any atom is 0.107 e. The maximum atomic E-state index is 4.41. The summed E-state index contributed by atoms with van der Waals surface area (Å²) in [5, 5.41) is 6.80. The smallest absolute Gasteiger partial charge is 0.107 e. The quantitative estimate of drug-likeness (QED) is 0.799. The van der Waals surface area contributed by atoms with Crippen molar-refractivity contribution in [3.63, 3.8) is 0 Å². The van der Waals surface area contributed by atoms with Gasteiger partial charge in [0, 0.05) is 17.6 Å². The van der Waals surface area contributed by atoms with Crippen molar-refractivity contribution in [2.24, 2.45) is 5.92 Å². The molecule has 0 amide bonds. The normalized spacial score (nSPS) is 17.3. The minimum atomic E-state index is 0.945. The molecule has 72 valence electrons. The fourth-order valence-corrected chi connectivity index (χ4v) is 2.31. The molecule has 0 spiro atoms. The van der Waals surface area contributed by atoms with Gasteiger partial charge in [-0.2, -0.15) is 0 Å². The summed E-state index contributed by atoms with van der Waals surface area (Å²) in [5.74, 6) is 0.945. The second kappa shape index (κ2) is 4.20. The minimum absolute atomic E-state index is 0.945. The molecule has 1 aliphatic rings. The summed E-state index contributed by atoms with van der Waals surface area (Å²) < 4.78 is 0. The van der Waals surface area contributed by atoms with Crippen molar-refractivity contribution < 1.29 is 0 Å². The van der Waals surface area contributed by atoms with E-state index in [0.717, 1.165) is 18.2 Å². The fourth-order valence-electron chi connectivity index (χ4n) is 1.56. The highest BCUT2D eigenvalue weighted by Gasteiger charge is 2.16. The molecule has 1 heterocycles. The Morgan fingerprint density at radius 2 is 2.46 bits per heavy atom. The van der Waals surface area contributed by atoms with E-state index >= 15 is 0 Å². The van der Waals surface area contributed by atoms with Gasteiger partial charge >= 0.3 is 0 Å². The predicted molar refractivity (Wildman–Crippen MR) is 55.9 cm³/mol. The van der Waals surface area contributed by atoms with E-state index in [2.05, 4.69) is 15.7 Å². The molecule has 0 unspecified atom stereocenters. The van der Waals surface area contributed by atoms with Gasteiger partial charge in [0.2, 0.25) is 0 Å². The van der Waals surface area contributed by atoms with Crippen LogP contribution in [0.2, 0.25) is 0 Å². The third-order valence-electron chi connectivity index (χ3n) is 2.60. The summed E-state index contributed by atoms with van der Waals surface area (Å²) in [6.45, 7) is 4.18. The highest BCUT2D eigenvalue weighted by atomic mass is 32.1. The first-order valence-corrected chi connectivity index (χ1v) is 5.84. The topological polar surface area (TPSA) is 24.9 Å². The van der Waals surface area contributed by atoms with Gasteiger partial charge in [-0.05, 0) is 32.2 Å². The molecule has 1 aliphatic carbocycles. The van der Waals surface area contributed by atoms with Crippen LogP contribution in [-0.2, 0) is 6.54 Å². The Bertz CT molecular complexity index is 266. The van der Waals surface area contributed by atoms with Crippen LogP contribution < -0.4 is 5.32 Å². The van der Waals surface area contributed by atoms with Gasteiger partial charge in [-0.1, -0.05) is 6.42 Å². The molecule has 1 aromatic heterocycles. The van der Waals surface area contributed by atoms with Crippen molar-refractivity contribution in [3.8, 4) is 0 Å². The molecule has 1 aromatic rings. The molecular weight excluding hydrogens is 180 g/mol. The molecule has 0 aliphatic heterocycles. The SMILES string of the molecule is Cc1csc(CNCC2CCC2)n1. The average Bonchev–Trinajstić information content (AvgIpc) is 2.42. The van der Waals surface area contributed by atoms with Crippen LogP contribution in [0.4, 0.5) is 0 Å². The van der Waals surface area contributed by atoms with E-state index in [1.807, 2.05) is 6.92 Å². The Labute approximate surface area is 83.4 Å². The maximum absolute atomic E-state index is 4.41. The number of rotatable bonds is 4. The third kappa shape index (κ3) is 2.51. The number of aromatic nitrogens is 1. The van der Waals surface area contributed by atoms with Gasteiger partial charge in [-0.15, -0.1) is 11.3 Å². The van der Waals surface area contributed by atoms with Crippen LogP contribution in [-0.4, -0.2) is 11.5 Å². The van der Waals surface area contributed by atoms with E-state index in [1.165, 1.54) is 30.8 Å². The molecule has 13 heavy (non-hydrogen) atoms. The van der Waals surface area contributed by atoms with Crippen LogP contribution in [0.25, 0.3) is 0 Å². The molecule has 1 N–H and O–H groups in total. The number of hydrogen-bond donors (Lipinski definition) is 1. The monoisotopic (exact) mass is 196 g/mol. The summed E-state index contributed by atoms with van der Waals surface area (Å²) >= 11 is 1.75. The van der Waals surface area contributed by atoms with E-state index in [9.17, 15) is 0 Å². The molecule has 0 atom stereocenters. The lowest BCUT2D eigenvalue weighted by Crippen LogP contribution is -2.26. The number of hydrogen-bond acceptors (Lipinski definition) is 3. The summed E-state index contributed by atoms with van der Waals surface area (Å²) in [6.07, 6.45) is 4.27. The molecule has 0 bridgehead atoms. The standard InChI is InChI=1S/C10H16N2S/c1-8-7-13-10(12-8)6-11-5-9-3-2-4-9/h7,9,11H,2-6H2,1H3. The van der Waals surface area contributed by atoms with Crippen molar-refractivity contribution in [2.75, 3.05) is 6.54 Å². The van der Waals surface area contributed by atoms with Gasteiger partial charge < -0.3 is 5.32 Å². The van der Waals surface area contributed by atoms with Crippen molar-refractivity contribution in [3.05, 3.63) is 16.1 Å². The van der Waals surface area contributed by atoms with Crippen LogP contribution in [0.15, 0.2) is 5.38 Å². The Hall–Kier alpha value is -0.410. The first kappa shape index (κ1) is 9.16. The minimum Gasteiger partial charge on any atom is -0.310 e. The van der Waals surface area contributed by atoms with Crippen LogP contribution in [0.5, 0.6) is 0 Å². The van der Waals surface area contributed by atoms with Gasteiger partial charge in [0.05, 0.1) is 0 Å². The zero-order chi connectivity index (χ0) is 9.10. The van der Waals surface area contributed by atoms with Crippen molar-refractivity contribution in [1.82, 2.24) is 10.3 Å².